The van der Waals surface area contributed by atoms with Crippen LogP contribution in [0.3, 0.4) is 0 Å². The standard InChI is InChI=1S/C18H22N4OS/c23-17(14-8-4-5-9-14)22-11-10-15(12-22)19-18-20-16(21-24-18)13-6-2-1-3-7-13/h1-3,6-7,14-15H,4-5,8-12H2,(H,19,20,21). The van der Waals surface area contributed by atoms with E-state index in [1.54, 1.807) is 0 Å². The lowest BCUT2D eigenvalue weighted by atomic mass is 10.1. The van der Waals surface area contributed by atoms with Crippen molar-refractivity contribution in [3.05, 3.63) is 30.3 Å². The number of hydrogen-bond acceptors (Lipinski definition) is 5. The van der Waals surface area contributed by atoms with Gasteiger partial charge in [0.25, 0.3) is 0 Å². The summed E-state index contributed by atoms with van der Waals surface area (Å²) in [4.78, 5) is 19.1. The molecule has 0 spiro atoms. The number of likely N-dealkylation sites (tertiary alicyclic amines) is 1. The zero-order valence-corrected chi connectivity index (χ0v) is 14.5. The molecule has 1 amide bonds. The van der Waals surface area contributed by atoms with Crippen LogP contribution in [0.5, 0.6) is 0 Å². The zero-order chi connectivity index (χ0) is 16.4. The van der Waals surface area contributed by atoms with E-state index < -0.39 is 0 Å². The molecule has 1 atom stereocenters. The minimum atomic E-state index is 0.273. The van der Waals surface area contributed by atoms with Crippen LogP contribution in [-0.4, -0.2) is 39.3 Å². The molecule has 1 saturated carbocycles. The number of nitrogens with one attached hydrogen (secondary N) is 1. The van der Waals surface area contributed by atoms with Gasteiger partial charge in [0.05, 0.1) is 0 Å². The molecule has 1 saturated heterocycles. The first-order valence-electron chi connectivity index (χ1n) is 8.74. The Bertz CT molecular complexity index is 696. The molecule has 126 valence electrons. The first kappa shape index (κ1) is 15.6. The summed E-state index contributed by atoms with van der Waals surface area (Å²) in [6.45, 7) is 1.65. The number of rotatable bonds is 4. The Morgan fingerprint density at radius 2 is 1.96 bits per heavy atom. The van der Waals surface area contributed by atoms with Gasteiger partial charge in [0.2, 0.25) is 11.0 Å². The van der Waals surface area contributed by atoms with E-state index in [-0.39, 0.29) is 12.0 Å². The molecule has 2 aliphatic rings. The summed E-state index contributed by atoms with van der Waals surface area (Å²) in [5.74, 6) is 1.40. The van der Waals surface area contributed by atoms with Crippen LogP contribution >= 0.6 is 11.5 Å². The molecule has 2 heterocycles. The molecule has 4 rings (SSSR count). The van der Waals surface area contributed by atoms with Crippen LogP contribution in [0, 0.1) is 5.92 Å². The highest BCUT2D eigenvalue weighted by Crippen LogP contribution is 2.29. The summed E-state index contributed by atoms with van der Waals surface area (Å²) in [6.07, 6.45) is 5.55. The number of aromatic nitrogens is 2. The Balaban J connectivity index is 1.35. The highest BCUT2D eigenvalue weighted by molar-refractivity contribution is 7.09. The molecule has 0 radical (unpaired) electrons. The first-order chi connectivity index (χ1) is 11.8. The lowest BCUT2D eigenvalue weighted by Gasteiger charge is -2.20. The van der Waals surface area contributed by atoms with E-state index in [1.165, 1.54) is 24.4 Å². The van der Waals surface area contributed by atoms with Crippen LogP contribution in [0.4, 0.5) is 5.13 Å². The van der Waals surface area contributed by atoms with Crippen molar-refractivity contribution >= 4 is 22.6 Å². The lowest BCUT2D eigenvalue weighted by molar-refractivity contribution is -0.134. The van der Waals surface area contributed by atoms with Crippen LogP contribution in [0.2, 0.25) is 0 Å². The van der Waals surface area contributed by atoms with E-state index in [2.05, 4.69) is 14.7 Å². The maximum atomic E-state index is 12.5. The number of amides is 1. The second kappa shape index (κ2) is 6.89. The number of hydrogen-bond donors (Lipinski definition) is 1. The highest BCUT2D eigenvalue weighted by Gasteiger charge is 2.32. The largest absolute Gasteiger partial charge is 0.356 e. The smallest absolute Gasteiger partial charge is 0.225 e. The summed E-state index contributed by atoms with van der Waals surface area (Å²) in [7, 11) is 0. The fourth-order valence-electron chi connectivity index (χ4n) is 3.67. The fourth-order valence-corrected chi connectivity index (χ4v) is 4.34. The van der Waals surface area contributed by atoms with E-state index in [1.807, 2.05) is 35.2 Å². The summed E-state index contributed by atoms with van der Waals surface area (Å²) in [5, 5.41) is 4.30. The molecular weight excluding hydrogens is 320 g/mol. The quantitative estimate of drug-likeness (QED) is 0.925. The molecule has 1 N–H and O–H groups in total. The molecule has 5 nitrogen and oxygen atoms in total. The van der Waals surface area contributed by atoms with Gasteiger partial charge in [-0.1, -0.05) is 43.2 Å². The zero-order valence-electron chi connectivity index (χ0n) is 13.6. The fraction of sp³-hybridized carbons (Fsp3) is 0.500. The SMILES string of the molecule is O=C(C1CCCC1)N1CCC(Nc2nc(-c3ccccc3)ns2)C1. The number of anilines is 1. The van der Waals surface area contributed by atoms with Crippen LogP contribution in [-0.2, 0) is 4.79 Å². The van der Waals surface area contributed by atoms with E-state index in [4.69, 9.17) is 0 Å². The van der Waals surface area contributed by atoms with Crippen molar-refractivity contribution in [2.24, 2.45) is 5.92 Å². The van der Waals surface area contributed by atoms with Gasteiger partial charge in [-0.15, -0.1) is 0 Å². The second-order valence-electron chi connectivity index (χ2n) is 6.68. The van der Waals surface area contributed by atoms with E-state index in [9.17, 15) is 4.79 Å². The molecular formula is C18H22N4OS. The monoisotopic (exact) mass is 342 g/mol. The Hall–Kier alpha value is -1.95. The third kappa shape index (κ3) is 3.29. The van der Waals surface area contributed by atoms with Crippen molar-refractivity contribution < 1.29 is 4.79 Å². The van der Waals surface area contributed by atoms with Crippen molar-refractivity contribution in [1.29, 1.82) is 0 Å². The van der Waals surface area contributed by atoms with Crippen molar-refractivity contribution in [2.75, 3.05) is 18.4 Å². The Morgan fingerprint density at radius 3 is 2.75 bits per heavy atom. The molecule has 0 bridgehead atoms. The average molecular weight is 342 g/mol. The molecule has 2 fully saturated rings. The molecule has 24 heavy (non-hydrogen) atoms. The summed E-state index contributed by atoms with van der Waals surface area (Å²) in [6, 6.07) is 10.3. The van der Waals surface area contributed by atoms with Gasteiger partial charge in [0, 0.05) is 42.1 Å². The summed E-state index contributed by atoms with van der Waals surface area (Å²) in [5.41, 5.74) is 1.03. The van der Waals surface area contributed by atoms with Gasteiger partial charge in [-0.2, -0.15) is 9.36 Å². The maximum absolute atomic E-state index is 12.5. The molecule has 1 aromatic heterocycles. The van der Waals surface area contributed by atoms with E-state index in [0.717, 1.165) is 48.9 Å². The topological polar surface area (TPSA) is 58.1 Å². The average Bonchev–Trinajstić information content (AvgIpc) is 3.37. The van der Waals surface area contributed by atoms with Gasteiger partial charge in [-0.25, -0.2) is 0 Å². The number of nitrogens with zero attached hydrogens (tertiary/aromatic N) is 3. The molecule has 1 unspecified atom stereocenters. The van der Waals surface area contributed by atoms with Crippen LogP contribution in [0.1, 0.15) is 32.1 Å². The predicted octanol–water partition coefficient (Wildman–Crippen LogP) is 3.41. The first-order valence-corrected chi connectivity index (χ1v) is 9.51. The highest BCUT2D eigenvalue weighted by atomic mass is 32.1. The predicted molar refractivity (Wildman–Crippen MR) is 95.9 cm³/mol. The van der Waals surface area contributed by atoms with Crippen molar-refractivity contribution in [3.63, 3.8) is 0 Å². The third-order valence-corrected chi connectivity index (χ3v) is 5.64. The third-order valence-electron chi connectivity index (χ3n) is 4.99. The Morgan fingerprint density at radius 1 is 1.17 bits per heavy atom. The summed E-state index contributed by atoms with van der Waals surface area (Å²) >= 11 is 1.39. The maximum Gasteiger partial charge on any atom is 0.225 e. The van der Waals surface area contributed by atoms with Gasteiger partial charge in [0.1, 0.15) is 0 Å². The number of benzene rings is 1. The Kier molecular flexibility index (Phi) is 4.47. The minimum Gasteiger partial charge on any atom is -0.356 e. The Labute approximate surface area is 146 Å². The van der Waals surface area contributed by atoms with E-state index in [0.29, 0.717) is 5.91 Å². The van der Waals surface area contributed by atoms with Crippen LogP contribution in [0.25, 0.3) is 11.4 Å². The minimum absolute atomic E-state index is 0.273. The second-order valence-corrected chi connectivity index (χ2v) is 7.44. The molecule has 6 heteroatoms. The van der Waals surface area contributed by atoms with Gasteiger partial charge in [-0.3, -0.25) is 4.79 Å². The van der Waals surface area contributed by atoms with Gasteiger partial charge in [0.15, 0.2) is 5.82 Å². The van der Waals surface area contributed by atoms with Crippen molar-refractivity contribution in [1.82, 2.24) is 14.3 Å². The number of carbonyl (C=O) groups excluding carboxylic acids is 1. The lowest BCUT2D eigenvalue weighted by Crippen LogP contribution is -2.35. The van der Waals surface area contributed by atoms with Crippen LogP contribution in [0.15, 0.2) is 30.3 Å². The summed E-state index contributed by atoms with van der Waals surface area (Å²) < 4.78 is 4.43. The normalized spacial score (nSPS) is 21.3. The van der Waals surface area contributed by atoms with E-state index >= 15 is 0 Å². The van der Waals surface area contributed by atoms with Crippen molar-refractivity contribution in [3.8, 4) is 11.4 Å². The van der Waals surface area contributed by atoms with Gasteiger partial charge < -0.3 is 10.2 Å². The van der Waals surface area contributed by atoms with Crippen molar-refractivity contribution in [2.45, 2.75) is 38.1 Å². The van der Waals surface area contributed by atoms with Gasteiger partial charge in [-0.05, 0) is 19.3 Å². The van der Waals surface area contributed by atoms with Crippen LogP contribution < -0.4 is 5.32 Å². The molecule has 2 aromatic rings. The molecule has 1 aliphatic carbocycles. The van der Waals surface area contributed by atoms with Gasteiger partial charge >= 0.3 is 0 Å². The molecule has 1 aliphatic heterocycles. The number of carbonyl (C=O) groups is 1. The molecule has 1 aromatic carbocycles.